The summed E-state index contributed by atoms with van der Waals surface area (Å²) in [5, 5.41) is 14.1. The van der Waals surface area contributed by atoms with Gasteiger partial charge in [-0.2, -0.15) is 5.26 Å². The Kier molecular flexibility index (Phi) is 10.5. The number of hydrogen-bond donors (Lipinski definition) is 1. The van der Waals surface area contributed by atoms with E-state index in [-0.39, 0.29) is 51.2 Å². The Balaban J connectivity index is 1.69. The van der Waals surface area contributed by atoms with Gasteiger partial charge in [0.2, 0.25) is 0 Å². The van der Waals surface area contributed by atoms with Crippen LogP contribution in [0.4, 0.5) is 18.6 Å². The lowest BCUT2D eigenvalue weighted by atomic mass is 9.92. The summed E-state index contributed by atoms with van der Waals surface area (Å²) in [4.78, 5) is 24.0. The maximum Gasteiger partial charge on any atom is 0.412 e. The fourth-order valence-electron chi connectivity index (χ4n) is 6.18. The minimum atomic E-state index is -0.793. The quantitative estimate of drug-likeness (QED) is 0.212. The Morgan fingerprint density at radius 1 is 1.25 bits per heavy atom. The molecule has 0 bridgehead atoms. The van der Waals surface area contributed by atoms with Gasteiger partial charge in [0.15, 0.2) is 5.82 Å². The van der Waals surface area contributed by atoms with Gasteiger partial charge in [-0.25, -0.2) is 18.6 Å². The van der Waals surface area contributed by atoms with Crippen molar-refractivity contribution in [3.05, 3.63) is 45.0 Å². The maximum absolute atomic E-state index is 17.1. The molecular formula is C36H43F2N5O4S. The molecule has 1 N–H and O–H groups in total. The summed E-state index contributed by atoms with van der Waals surface area (Å²) in [5.74, 6) is -0.0634. The molecule has 256 valence electrons. The minimum Gasteiger partial charge on any atom is -0.444 e. The molecule has 2 unspecified atom stereocenters. The first kappa shape index (κ1) is 35.4. The lowest BCUT2D eigenvalue weighted by molar-refractivity contribution is 0.0408. The first-order valence-electron chi connectivity index (χ1n) is 16.3. The first-order chi connectivity index (χ1) is 22.8. The number of fused-ring (bicyclic) bond motifs is 2. The number of nitriles is 1. The van der Waals surface area contributed by atoms with Gasteiger partial charge in [-0.1, -0.05) is 26.3 Å². The standard InChI is InChI=1S/C36H43F2N5O4S/c1-9-11-46-27-16-43(15-20(27)4)21(5)40-13-23-24-17-45-18-25(24)29(31(38)28(23)19(3)10-2)32-30-22(12-39)34(42-35(44)47-36(6,7)8)48-33(30)26(37)14-41-32/h13-14,20,27H,9-11,15-18H2,1-8H3,(H,42,44)/b23-13-,28-19?,40-21?. The molecule has 2 aromatic heterocycles. The third kappa shape index (κ3) is 6.95. The molecule has 3 aromatic rings. The topological polar surface area (TPSA) is 109 Å². The molecule has 4 heterocycles. The molecule has 1 amide bonds. The highest BCUT2D eigenvalue weighted by atomic mass is 32.1. The van der Waals surface area contributed by atoms with Crippen LogP contribution in [0.15, 0.2) is 11.2 Å². The maximum atomic E-state index is 17.1. The number of aliphatic imine (C=N–C) groups is 1. The highest BCUT2D eigenvalue weighted by molar-refractivity contribution is 7.23. The molecule has 2 aliphatic rings. The molecule has 2 atom stereocenters. The molecule has 0 aliphatic carbocycles. The van der Waals surface area contributed by atoms with Crippen LogP contribution in [0.1, 0.15) is 84.9 Å². The van der Waals surface area contributed by atoms with Crippen molar-refractivity contribution in [3.63, 3.8) is 0 Å². The molecule has 1 fully saturated rings. The smallest absolute Gasteiger partial charge is 0.412 e. The van der Waals surface area contributed by atoms with Gasteiger partial charge in [0, 0.05) is 53.2 Å². The zero-order valence-electron chi connectivity index (χ0n) is 28.8. The number of hydrogen-bond acceptors (Lipinski definition) is 8. The Hall–Kier alpha value is -3.92. The van der Waals surface area contributed by atoms with E-state index >= 15 is 8.78 Å². The number of halogens is 2. The van der Waals surface area contributed by atoms with Crippen LogP contribution in [-0.4, -0.2) is 53.2 Å². The van der Waals surface area contributed by atoms with E-state index in [1.165, 1.54) is 0 Å². The summed E-state index contributed by atoms with van der Waals surface area (Å²) in [5.41, 5.74) is 1.57. The largest absolute Gasteiger partial charge is 0.444 e. The van der Waals surface area contributed by atoms with Crippen molar-refractivity contribution in [1.29, 1.82) is 5.26 Å². The average molecular weight is 680 g/mol. The van der Waals surface area contributed by atoms with Crippen LogP contribution in [0.3, 0.4) is 0 Å². The molecule has 48 heavy (non-hydrogen) atoms. The Morgan fingerprint density at radius 3 is 2.65 bits per heavy atom. The number of benzene rings is 1. The van der Waals surface area contributed by atoms with Gasteiger partial charge in [-0.05, 0) is 58.6 Å². The second-order valence-electron chi connectivity index (χ2n) is 13.4. The van der Waals surface area contributed by atoms with E-state index in [1.807, 2.05) is 20.8 Å². The van der Waals surface area contributed by atoms with Crippen LogP contribution in [0.25, 0.3) is 33.1 Å². The number of likely N-dealkylation sites (tertiary alicyclic amines) is 1. The van der Waals surface area contributed by atoms with E-state index in [4.69, 9.17) is 19.2 Å². The number of nitrogens with zero attached hydrogens (tertiary/aromatic N) is 4. The molecule has 0 saturated carbocycles. The van der Waals surface area contributed by atoms with Crippen LogP contribution in [-0.2, 0) is 27.4 Å². The van der Waals surface area contributed by atoms with Crippen molar-refractivity contribution in [3.8, 4) is 17.3 Å². The van der Waals surface area contributed by atoms with Gasteiger partial charge < -0.3 is 19.1 Å². The average Bonchev–Trinajstić information content (AvgIpc) is 3.75. The number of thiophene rings is 1. The van der Waals surface area contributed by atoms with Gasteiger partial charge in [0.1, 0.15) is 28.3 Å². The van der Waals surface area contributed by atoms with E-state index in [1.54, 1.807) is 27.0 Å². The molecule has 1 saturated heterocycles. The number of amides is 1. The monoisotopic (exact) mass is 679 g/mol. The Labute approximate surface area is 283 Å². The fourth-order valence-corrected chi connectivity index (χ4v) is 7.22. The summed E-state index contributed by atoms with van der Waals surface area (Å²) < 4.78 is 49.8. The van der Waals surface area contributed by atoms with Crippen molar-refractivity contribution < 1.29 is 27.8 Å². The van der Waals surface area contributed by atoms with Gasteiger partial charge >= 0.3 is 6.09 Å². The van der Waals surface area contributed by atoms with Crippen molar-refractivity contribution in [1.82, 2.24) is 9.88 Å². The van der Waals surface area contributed by atoms with E-state index < -0.39 is 23.3 Å². The third-order valence-electron chi connectivity index (χ3n) is 8.70. The van der Waals surface area contributed by atoms with Gasteiger partial charge in [-0.15, -0.1) is 11.3 Å². The highest BCUT2D eigenvalue weighted by Gasteiger charge is 2.32. The zero-order valence-corrected chi connectivity index (χ0v) is 29.7. The van der Waals surface area contributed by atoms with E-state index in [9.17, 15) is 10.1 Å². The molecule has 1 aromatic carbocycles. The van der Waals surface area contributed by atoms with Crippen LogP contribution in [0.2, 0.25) is 0 Å². The summed E-state index contributed by atoms with van der Waals surface area (Å²) in [7, 11) is 0. The normalized spacial score (nSPS) is 19.1. The van der Waals surface area contributed by atoms with E-state index in [2.05, 4.69) is 35.1 Å². The number of aromatic nitrogens is 1. The van der Waals surface area contributed by atoms with Crippen molar-refractivity contribution in [2.45, 2.75) is 93.2 Å². The molecule has 2 aliphatic heterocycles. The lowest BCUT2D eigenvalue weighted by Crippen LogP contribution is -2.35. The molecule has 12 heteroatoms. The van der Waals surface area contributed by atoms with E-state index in [0.717, 1.165) is 60.6 Å². The van der Waals surface area contributed by atoms with Crippen molar-refractivity contribution in [2.75, 3.05) is 25.0 Å². The number of nitrogens with one attached hydrogen (secondary N) is 1. The summed E-state index contributed by atoms with van der Waals surface area (Å²) in [6.07, 6.45) is 3.61. The Bertz CT molecular complexity index is 1940. The van der Waals surface area contributed by atoms with Gasteiger partial charge in [0.25, 0.3) is 0 Å². The second kappa shape index (κ2) is 14.3. The number of carbonyl (C=O) groups excluding carboxylic acids is 1. The van der Waals surface area contributed by atoms with Crippen molar-refractivity contribution >= 4 is 50.1 Å². The third-order valence-corrected chi connectivity index (χ3v) is 9.81. The number of amidine groups is 1. The number of ether oxygens (including phenoxy) is 3. The van der Waals surface area contributed by atoms with Crippen LogP contribution in [0, 0.1) is 28.9 Å². The van der Waals surface area contributed by atoms with Crippen LogP contribution >= 0.6 is 11.3 Å². The predicted octanol–water partition coefficient (Wildman–Crippen LogP) is 6.97. The summed E-state index contributed by atoms with van der Waals surface area (Å²) in [6, 6.07) is 2.09. The molecule has 5 rings (SSSR count). The first-order valence-corrected chi connectivity index (χ1v) is 17.1. The van der Waals surface area contributed by atoms with Gasteiger partial charge in [0.05, 0.1) is 41.5 Å². The van der Waals surface area contributed by atoms with Crippen LogP contribution < -0.4 is 15.8 Å². The fraction of sp³-hybridized carbons (Fsp3) is 0.500. The lowest BCUT2D eigenvalue weighted by Gasteiger charge is -2.19. The highest BCUT2D eigenvalue weighted by Crippen LogP contribution is 2.43. The summed E-state index contributed by atoms with van der Waals surface area (Å²) >= 11 is 0.877. The van der Waals surface area contributed by atoms with Crippen LogP contribution in [0.5, 0.6) is 0 Å². The number of carbonyl (C=O) groups is 1. The van der Waals surface area contributed by atoms with Crippen molar-refractivity contribution in [2.24, 2.45) is 10.9 Å². The number of pyridine rings is 1. The molecule has 0 radical (unpaired) electrons. The SMILES string of the molecule is CCCOC1CN(C(C)=N/C=c2/c3c(c(-c4ncc(F)c5sc(NC(=O)OC(C)(C)C)c(C#N)c45)c(F)c2=C(C)CC)COC3)CC1C. The minimum absolute atomic E-state index is 0.0235. The molecular weight excluding hydrogens is 636 g/mol. The summed E-state index contributed by atoms with van der Waals surface area (Å²) in [6.45, 7) is 17.8. The second-order valence-corrected chi connectivity index (χ2v) is 14.4. The predicted molar refractivity (Wildman–Crippen MR) is 185 cm³/mol. The van der Waals surface area contributed by atoms with Gasteiger partial charge in [-0.3, -0.25) is 10.3 Å². The number of anilines is 1. The van der Waals surface area contributed by atoms with E-state index in [0.29, 0.717) is 28.3 Å². The molecule has 9 nitrogen and oxygen atoms in total. The Morgan fingerprint density at radius 2 is 1.98 bits per heavy atom. The zero-order chi connectivity index (χ0) is 34.9. The number of rotatable bonds is 7. The molecule has 0 spiro atoms.